The molecule has 2 saturated heterocycles. The van der Waals surface area contributed by atoms with Crippen LogP contribution in [-0.2, 0) is 19.1 Å². The van der Waals surface area contributed by atoms with Crippen molar-refractivity contribution in [1.82, 2.24) is 10.2 Å². The normalized spacial score (nSPS) is 30.5. The second-order valence-electron chi connectivity index (χ2n) is 7.18. The zero-order valence-corrected chi connectivity index (χ0v) is 15.2. The smallest absolute Gasteiger partial charge is 0.330 e. The van der Waals surface area contributed by atoms with Crippen molar-refractivity contribution in [3.63, 3.8) is 0 Å². The summed E-state index contributed by atoms with van der Waals surface area (Å²) >= 11 is 1.58. The third-order valence-electron chi connectivity index (χ3n) is 5.36. The first-order valence-electron chi connectivity index (χ1n) is 8.74. The summed E-state index contributed by atoms with van der Waals surface area (Å²) in [5, 5.41) is 12.1. The first-order valence-corrected chi connectivity index (χ1v) is 9.73. The van der Waals surface area contributed by atoms with Crippen LogP contribution in [0.5, 0.6) is 0 Å². The van der Waals surface area contributed by atoms with Gasteiger partial charge in [-0.3, -0.25) is 9.59 Å². The first kappa shape index (κ1) is 18.1. The predicted molar refractivity (Wildman–Crippen MR) is 91.3 cm³/mol. The predicted octanol–water partition coefficient (Wildman–Crippen LogP) is 1.33. The van der Waals surface area contributed by atoms with Crippen LogP contribution < -0.4 is 5.32 Å². The van der Waals surface area contributed by atoms with E-state index in [0.717, 1.165) is 25.7 Å². The molecular formula is C17H23N3O4S. The van der Waals surface area contributed by atoms with Crippen molar-refractivity contribution in [3.05, 3.63) is 0 Å². The van der Waals surface area contributed by atoms with Crippen molar-refractivity contribution < 1.29 is 19.1 Å². The topological polar surface area (TPSA) is 99.5 Å². The molecule has 0 aromatic carbocycles. The molecule has 1 N–H and O–H groups in total. The van der Waals surface area contributed by atoms with Crippen LogP contribution in [0.15, 0.2) is 0 Å². The Morgan fingerprint density at radius 3 is 2.76 bits per heavy atom. The van der Waals surface area contributed by atoms with Gasteiger partial charge in [0.05, 0.1) is 10.9 Å². The molecule has 2 heterocycles. The molecular weight excluding hydrogens is 342 g/mol. The van der Waals surface area contributed by atoms with Crippen LogP contribution in [-0.4, -0.2) is 51.5 Å². The molecule has 0 unspecified atom stereocenters. The van der Waals surface area contributed by atoms with E-state index in [1.165, 1.54) is 0 Å². The van der Waals surface area contributed by atoms with Crippen LogP contribution in [0, 0.1) is 11.3 Å². The van der Waals surface area contributed by atoms with Gasteiger partial charge in [-0.1, -0.05) is 19.3 Å². The SMILES string of the molecule is C[C@]12CCC(=O)N1[C@@H](C(=O)OCC(=O)NC1(C#N)CCCCC1)CS2. The van der Waals surface area contributed by atoms with Gasteiger partial charge in [0.25, 0.3) is 5.91 Å². The summed E-state index contributed by atoms with van der Waals surface area (Å²) in [4.78, 5) is 37.8. The molecule has 3 aliphatic rings. The van der Waals surface area contributed by atoms with Crippen LogP contribution in [0.1, 0.15) is 51.9 Å². The van der Waals surface area contributed by atoms with Gasteiger partial charge in [0.1, 0.15) is 11.6 Å². The maximum absolute atomic E-state index is 12.3. The second-order valence-corrected chi connectivity index (χ2v) is 8.68. The van der Waals surface area contributed by atoms with E-state index < -0.39 is 30.1 Å². The van der Waals surface area contributed by atoms with E-state index in [2.05, 4.69) is 11.4 Å². The highest BCUT2D eigenvalue weighted by Gasteiger charge is 2.53. The summed E-state index contributed by atoms with van der Waals surface area (Å²) in [6.45, 7) is 1.55. The molecule has 1 aliphatic carbocycles. The van der Waals surface area contributed by atoms with Crippen molar-refractivity contribution >= 4 is 29.5 Å². The minimum Gasteiger partial charge on any atom is -0.454 e. The number of rotatable bonds is 4. The fourth-order valence-electron chi connectivity index (χ4n) is 3.95. The lowest BCUT2D eigenvalue weighted by Gasteiger charge is -2.31. The molecule has 0 aromatic heterocycles. The van der Waals surface area contributed by atoms with Crippen molar-refractivity contribution in [1.29, 1.82) is 5.26 Å². The number of nitriles is 1. The van der Waals surface area contributed by atoms with Gasteiger partial charge in [0.15, 0.2) is 6.61 Å². The van der Waals surface area contributed by atoms with E-state index in [-0.39, 0.29) is 10.8 Å². The molecule has 0 spiro atoms. The highest BCUT2D eigenvalue weighted by molar-refractivity contribution is 8.01. The number of hydrogen-bond acceptors (Lipinski definition) is 6. The molecule has 136 valence electrons. The number of amides is 2. The van der Waals surface area contributed by atoms with Crippen molar-refractivity contribution in [2.24, 2.45) is 0 Å². The monoisotopic (exact) mass is 365 g/mol. The fraction of sp³-hybridized carbons (Fsp3) is 0.765. The molecule has 25 heavy (non-hydrogen) atoms. The number of carbonyl (C=O) groups is 3. The van der Waals surface area contributed by atoms with Crippen LogP contribution in [0.2, 0.25) is 0 Å². The van der Waals surface area contributed by atoms with Gasteiger partial charge in [0.2, 0.25) is 5.91 Å². The van der Waals surface area contributed by atoms with Gasteiger partial charge < -0.3 is 15.0 Å². The average Bonchev–Trinajstić information content (AvgIpc) is 3.10. The van der Waals surface area contributed by atoms with Gasteiger partial charge in [-0.25, -0.2) is 4.79 Å². The Labute approximate surface area is 151 Å². The average molecular weight is 365 g/mol. The number of thioether (sulfide) groups is 1. The van der Waals surface area contributed by atoms with E-state index in [0.29, 0.717) is 25.0 Å². The van der Waals surface area contributed by atoms with Crippen LogP contribution in [0.3, 0.4) is 0 Å². The summed E-state index contributed by atoms with van der Waals surface area (Å²) in [7, 11) is 0. The zero-order chi connectivity index (χ0) is 18.1. The molecule has 2 aliphatic heterocycles. The van der Waals surface area contributed by atoms with Crippen molar-refractivity contribution in [2.75, 3.05) is 12.4 Å². The zero-order valence-electron chi connectivity index (χ0n) is 14.4. The third kappa shape index (κ3) is 3.47. The second kappa shape index (κ2) is 6.87. The van der Waals surface area contributed by atoms with E-state index in [1.807, 2.05) is 6.92 Å². The van der Waals surface area contributed by atoms with Crippen LogP contribution in [0.25, 0.3) is 0 Å². The molecule has 2 amide bonds. The molecule has 1 saturated carbocycles. The number of nitrogens with zero attached hydrogens (tertiary/aromatic N) is 2. The Hall–Kier alpha value is -1.75. The molecule has 8 heteroatoms. The lowest BCUT2D eigenvalue weighted by molar-refractivity contribution is -0.156. The molecule has 3 fully saturated rings. The number of nitrogens with one attached hydrogen (secondary N) is 1. The number of carbonyl (C=O) groups excluding carboxylic acids is 3. The Balaban J connectivity index is 1.53. The minimum absolute atomic E-state index is 0.0375. The largest absolute Gasteiger partial charge is 0.454 e. The highest BCUT2D eigenvalue weighted by atomic mass is 32.2. The molecule has 0 bridgehead atoms. The van der Waals surface area contributed by atoms with Crippen molar-refractivity contribution in [3.8, 4) is 6.07 Å². The van der Waals surface area contributed by atoms with E-state index >= 15 is 0 Å². The summed E-state index contributed by atoms with van der Waals surface area (Å²) in [6.07, 6.45) is 5.30. The number of esters is 1. The van der Waals surface area contributed by atoms with E-state index in [4.69, 9.17) is 4.74 Å². The minimum atomic E-state index is -0.839. The first-order chi connectivity index (χ1) is 11.9. The quantitative estimate of drug-likeness (QED) is 0.755. The fourth-order valence-corrected chi connectivity index (χ4v) is 5.37. The number of ether oxygens (including phenoxy) is 1. The van der Waals surface area contributed by atoms with Gasteiger partial charge in [0, 0.05) is 12.2 Å². The number of fused-ring (bicyclic) bond motifs is 1. The molecule has 0 aromatic rings. The maximum atomic E-state index is 12.3. The lowest BCUT2D eigenvalue weighted by Crippen LogP contribution is -2.51. The summed E-state index contributed by atoms with van der Waals surface area (Å²) in [6, 6.07) is 1.58. The van der Waals surface area contributed by atoms with Crippen molar-refractivity contribution in [2.45, 2.75) is 68.3 Å². The van der Waals surface area contributed by atoms with Crippen LogP contribution >= 0.6 is 11.8 Å². The Morgan fingerprint density at radius 2 is 2.08 bits per heavy atom. The third-order valence-corrected chi connectivity index (χ3v) is 6.87. The lowest BCUT2D eigenvalue weighted by atomic mass is 9.83. The van der Waals surface area contributed by atoms with Gasteiger partial charge in [-0.15, -0.1) is 11.8 Å². The maximum Gasteiger partial charge on any atom is 0.330 e. The number of hydrogen-bond donors (Lipinski definition) is 1. The van der Waals surface area contributed by atoms with Gasteiger partial charge in [-0.05, 0) is 26.2 Å². The van der Waals surface area contributed by atoms with E-state index in [1.54, 1.807) is 16.7 Å². The Bertz CT molecular complexity index is 626. The summed E-state index contributed by atoms with van der Waals surface area (Å²) in [5.41, 5.74) is -0.839. The Kier molecular flexibility index (Phi) is 4.96. The van der Waals surface area contributed by atoms with Gasteiger partial charge in [-0.2, -0.15) is 5.26 Å². The summed E-state index contributed by atoms with van der Waals surface area (Å²) < 4.78 is 5.15. The molecule has 0 radical (unpaired) electrons. The summed E-state index contributed by atoms with van der Waals surface area (Å²) in [5.74, 6) is -0.552. The standard InChI is InChI=1S/C17H23N3O4S/c1-16-8-5-14(22)20(16)12(10-25-16)15(23)24-9-13(21)19-17(11-18)6-3-2-4-7-17/h12H,2-10H2,1H3,(H,19,21)/t12-,16+/m1/s1. The molecule has 2 atom stereocenters. The molecule has 7 nitrogen and oxygen atoms in total. The molecule has 3 rings (SSSR count). The highest BCUT2D eigenvalue weighted by Crippen LogP contribution is 2.47. The Morgan fingerprint density at radius 1 is 1.36 bits per heavy atom. The van der Waals surface area contributed by atoms with Gasteiger partial charge >= 0.3 is 5.97 Å². The van der Waals surface area contributed by atoms with E-state index in [9.17, 15) is 19.6 Å². The van der Waals surface area contributed by atoms with Crippen LogP contribution in [0.4, 0.5) is 0 Å².